The first kappa shape index (κ1) is 19.6. The minimum absolute atomic E-state index is 0.101. The van der Waals surface area contributed by atoms with E-state index < -0.39 is 28.2 Å². The molecule has 2 N–H and O–H groups in total. The summed E-state index contributed by atoms with van der Waals surface area (Å²) in [7, 11) is 1.25. The van der Waals surface area contributed by atoms with Crippen LogP contribution in [0.25, 0.3) is 0 Å². The van der Waals surface area contributed by atoms with Gasteiger partial charge in [0.15, 0.2) is 11.5 Å². The number of ketones is 1. The van der Waals surface area contributed by atoms with E-state index in [1.54, 1.807) is 6.92 Å². The van der Waals surface area contributed by atoms with Crippen molar-refractivity contribution in [2.45, 2.75) is 39.5 Å². The van der Waals surface area contributed by atoms with E-state index in [2.05, 4.69) is 5.32 Å². The molecule has 0 aromatic heterocycles. The lowest BCUT2D eigenvalue weighted by atomic mass is 9.68. The molecule has 0 saturated heterocycles. The summed E-state index contributed by atoms with van der Waals surface area (Å²) in [5.41, 5.74) is 1.73. The van der Waals surface area contributed by atoms with Crippen LogP contribution in [0.3, 0.4) is 0 Å². The van der Waals surface area contributed by atoms with E-state index >= 15 is 0 Å². The molecule has 1 atom stereocenters. The topological polar surface area (TPSA) is 119 Å². The van der Waals surface area contributed by atoms with Crippen molar-refractivity contribution in [1.82, 2.24) is 5.32 Å². The fourth-order valence-corrected chi connectivity index (χ4v) is 4.02. The Balaban J connectivity index is 2.22. The van der Waals surface area contributed by atoms with E-state index in [0.717, 1.165) is 5.70 Å². The van der Waals surface area contributed by atoms with Gasteiger partial charge in [-0.2, -0.15) is 0 Å². The largest absolute Gasteiger partial charge is 0.502 e. The van der Waals surface area contributed by atoms with Gasteiger partial charge >= 0.3 is 11.7 Å². The Hall–Kier alpha value is -3.16. The number of benzene rings is 1. The van der Waals surface area contributed by atoms with Crippen molar-refractivity contribution in [2.24, 2.45) is 5.41 Å². The predicted molar refractivity (Wildman–Crippen MR) is 100 cm³/mol. The second-order valence-electron chi connectivity index (χ2n) is 7.93. The van der Waals surface area contributed by atoms with Gasteiger partial charge in [-0.05, 0) is 30.4 Å². The van der Waals surface area contributed by atoms with E-state index in [1.807, 2.05) is 13.8 Å². The maximum absolute atomic E-state index is 13.0. The van der Waals surface area contributed by atoms with Gasteiger partial charge in [-0.25, -0.2) is 4.79 Å². The Labute approximate surface area is 162 Å². The Bertz CT molecular complexity index is 957. The number of phenolic OH excluding ortho intramolecular Hbond substituents is 1. The van der Waals surface area contributed by atoms with Crippen molar-refractivity contribution in [3.63, 3.8) is 0 Å². The quantitative estimate of drug-likeness (QED) is 0.465. The van der Waals surface area contributed by atoms with Crippen LogP contribution >= 0.6 is 0 Å². The number of rotatable bonds is 3. The van der Waals surface area contributed by atoms with Crippen LogP contribution in [-0.2, 0) is 14.3 Å². The van der Waals surface area contributed by atoms with Gasteiger partial charge in [0.05, 0.1) is 17.6 Å². The molecular weight excluding hydrogens is 364 g/mol. The number of phenols is 1. The number of methoxy groups -OCH3 is 1. The third-order valence-electron chi connectivity index (χ3n) is 5.17. The second-order valence-corrected chi connectivity index (χ2v) is 7.93. The number of carbonyl (C=O) groups excluding carboxylic acids is 2. The third-order valence-corrected chi connectivity index (χ3v) is 5.17. The van der Waals surface area contributed by atoms with Crippen molar-refractivity contribution in [2.75, 3.05) is 7.11 Å². The van der Waals surface area contributed by atoms with Crippen molar-refractivity contribution >= 4 is 17.4 Å². The number of dihydropyridines is 1. The zero-order chi connectivity index (χ0) is 20.8. The van der Waals surface area contributed by atoms with E-state index in [9.17, 15) is 24.8 Å². The number of nitrogens with one attached hydrogen (secondary N) is 1. The molecule has 0 amide bonds. The normalized spacial score (nSPS) is 21.1. The van der Waals surface area contributed by atoms with Gasteiger partial charge in [0.25, 0.3) is 0 Å². The lowest BCUT2D eigenvalue weighted by Gasteiger charge is -2.39. The minimum Gasteiger partial charge on any atom is -0.502 e. The summed E-state index contributed by atoms with van der Waals surface area (Å²) in [6, 6.07) is 3.87. The highest BCUT2D eigenvalue weighted by atomic mass is 16.6. The standard InChI is InChI=1S/C20H22N2O6/c1-10-16(19(25)28-4)17(11-5-6-13(22(26)27)14(23)7-11)18-12(21-10)8-20(2,3)9-15(18)24/h5-7,17,21,23H,8-9H2,1-4H3/t17-/m1/s1. The van der Waals surface area contributed by atoms with Gasteiger partial charge in [-0.15, -0.1) is 0 Å². The number of hydrogen-bond acceptors (Lipinski definition) is 7. The molecule has 0 bridgehead atoms. The molecule has 1 heterocycles. The van der Waals surface area contributed by atoms with Gasteiger partial charge < -0.3 is 15.2 Å². The lowest BCUT2D eigenvalue weighted by Crippen LogP contribution is -2.38. The number of allylic oxidation sites excluding steroid dienone is 3. The maximum Gasteiger partial charge on any atom is 0.336 e. The minimum atomic E-state index is -0.765. The highest BCUT2D eigenvalue weighted by Gasteiger charge is 2.43. The van der Waals surface area contributed by atoms with Crippen molar-refractivity contribution in [3.05, 3.63) is 56.4 Å². The number of esters is 1. The van der Waals surface area contributed by atoms with Crippen molar-refractivity contribution < 1.29 is 24.4 Å². The van der Waals surface area contributed by atoms with Gasteiger partial charge in [0.2, 0.25) is 0 Å². The number of nitro groups is 1. The molecule has 0 radical (unpaired) electrons. The molecule has 28 heavy (non-hydrogen) atoms. The molecule has 8 nitrogen and oxygen atoms in total. The number of hydrogen-bond donors (Lipinski definition) is 2. The Morgan fingerprint density at radius 3 is 2.61 bits per heavy atom. The van der Waals surface area contributed by atoms with Crippen LogP contribution in [0.1, 0.15) is 45.1 Å². The summed E-state index contributed by atoms with van der Waals surface area (Å²) in [5, 5.41) is 24.3. The van der Waals surface area contributed by atoms with Gasteiger partial charge in [0.1, 0.15) is 0 Å². The fraction of sp³-hybridized carbons (Fsp3) is 0.400. The molecular formula is C20H22N2O6. The number of ether oxygens (including phenoxy) is 1. The van der Waals surface area contributed by atoms with Crippen LogP contribution in [0, 0.1) is 15.5 Å². The van der Waals surface area contributed by atoms with Gasteiger partial charge in [-0.3, -0.25) is 14.9 Å². The number of aromatic hydroxyl groups is 1. The summed E-state index contributed by atoms with van der Waals surface area (Å²) in [5.74, 6) is -1.99. The Morgan fingerprint density at radius 1 is 1.36 bits per heavy atom. The maximum atomic E-state index is 13.0. The smallest absolute Gasteiger partial charge is 0.336 e. The van der Waals surface area contributed by atoms with Crippen LogP contribution in [0.15, 0.2) is 40.7 Å². The number of nitrogens with zero attached hydrogens (tertiary/aromatic N) is 1. The summed E-state index contributed by atoms with van der Waals surface area (Å²) in [6.45, 7) is 5.72. The number of carbonyl (C=O) groups is 2. The molecule has 8 heteroatoms. The van der Waals surface area contributed by atoms with E-state index in [4.69, 9.17) is 4.74 Å². The first-order chi connectivity index (χ1) is 13.1. The van der Waals surface area contributed by atoms with Crippen LogP contribution in [0.5, 0.6) is 5.75 Å². The highest BCUT2D eigenvalue weighted by Crippen LogP contribution is 2.47. The molecule has 0 saturated carbocycles. The molecule has 1 aliphatic heterocycles. The first-order valence-electron chi connectivity index (χ1n) is 8.85. The molecule has 148 valence electrons. The van der Waals surface area contributed by atoms with Crippen LogP contribution in [0.2, 0.25) is 0 Å². The Kier molecular flexibility index (Phi) is 4.74. The van der Waals surface area contributed by atoms with Crippen LogP contribution < -0.4 is 5.32 Å². The third kappa shape index (κ3) is 3.26. The molecule has 0 fully saturated rings. The van der Waals surface area contributed by atoms with E-state index in [-0.39, 0.29) is 16.8 Å². The monoisotopic (exact) mass is 386 g/mol. The summed E-state index contributed by atoms with van der Waals surface area (Å²) in [4.78, 5) is 35.8. The number of nitro benzene ring substituents is 1. The van der Waals surface area contributed by atoms with Gasteiger partial charge in [0, 0.05) is 35.4 Å². The molecule has 3 rings (SSSR count). The second kappa shape index (κ2) is 6.78. The fourth-order valence-electron chi connectivity index (χ4n) is 4.02. The summed E-state index contributed by atoms with van der Waals surface area (Å²) < 4.78 is 4.92. The predicted octanol–water partition coefficient (Wildman–Crippen LogP) is 3.08. The average molecular weight is 386 g/mol. The zero-order valence-electron chi connectivity index (χ0n) is 16.2. The summed E-state index contributed by atoms with van der Waals surface area (Å²) >= 11 is 0. The lowest BCUT2D eigenvalue weighted by molar-refractivity contribution is -0.385. The number of Topliss-reactive ketones (excluding diaryl/α,β-unsaturated/α-hetero) is 1. The van der Waals surface area contributed by atoms with Gasteiger partial charge in [-0.1, -0.05) is 19.9 Å². The SMILES string of the molecule is COC(=O)C1=C(C)NC2=C(C(=O)CC(C)(C)C2)[C@@H]1c1ccc([N+](=O)[O-])c(O)c1. The molecule has 2 aliphatic rings. The molecule has 0 unspecified atom stereocenters. The van der Waals surface area contributed by atoms with Crippen molar-refractivity contribution in [1.29, 1.82) is 0 Å². The average Bonchev–Trinajstić information content (AvgIpc) is 2.58. The Morgan fingerprint density at radius 2 is 2.04 bits per heavy atom. The van der Waals surface area contributed by atoms with Crippen molar-refractivity contribution in [3.8, 4) is 5.75 Å². The molecule has 0 spiro atoms. The zero-order valence-corrected chi connectivity index (χ0v) is 16.2. The molecule has 1 aromatic rings. The first-order valence-corrected chi connectivity index (χ1v) is 8.85. The van der Waals surface area contributed by atoms with Crippen LogP contribution in [-0.4, -0.2) is 28.9 Å². The van der Waals surface area contributed by atoms with E-state index in [0.29, 0.717) is 29.7 Å². The molecule has 1 aromatic carbocycles. The van der Waals surface area contributed by atoms with E-state index in [1.165, 1.54) is 25.3 Å². The van der Waals surface area contributed by atoms with Crippen LogP contribution in [0.4, 0.5) is 5.69 Å². The highest BCUT2D eigenvalue weighted by molar-refractivity contribution is 6.04. The molecule has 1 aliphatic carbocycles. The summed E-state index contributed by atoms with van der Waals surface area (Å²) in [6.07, 6.45) is 0.936.